The van der Waals surface area contributed by atoms with Gasteiger partial charge in [0.2, 0.25) is 5.95 Å². The molecule has 0 radical (unpaired) electrons. The van der Waals surface area contributed by atoms with E-state index in [9.17, 15) is 9.18 Å². The van der Waals surface area contributed by atoms with Crippen molar-refractivity contribution in [1.82, 2.24) is 9.88 Å². The molecule has 5 heteroatoms. The smallest absolute Gasteiger partial charge is 0.254 e. The molecule has 1 atom stereocenters. The Balaban J connectivity index is 2.60. The summed E-state index contributed by atoms with van der Waals surface area (Å²) in [6.45, 7) is 4.12. The third-order valence-electron chi connectivity index (χ3n) is 2.84. The molecule has 0 aromatic carbocycles. The molecule has 0 N–H and O–H groups in total. The van der Waals surface area contributed by atoms with Crippen molar-refractivity contribution < 1.29 is 9.18 Å². The number of aromatic nitrogens is 1. The van der Waals surface area contributed by atoms with E-state index in [0.29, 0.717) is 5.56 Å². The second-order valence-electron chi connectivity index (χ2n) is 4.12. The van der Waals surface area contributed by atoms with Crippen LogP contribution in [0.2, 0.25) is 0 Å². The molecule has 0 aliphatic rings. The van der Waals surface area contributed by atoms with Crippen molar-refractivity contribution in [3.05, 3.63) is 29.8 Å². The molecule has 1 amide bonds. The number of rotatable bonds is 6. The Kier molecular flexibility index (Phi) is 6.12. The van der Waals surface area contributed by atoms with Gasteiger partial charge in [0.05, 0.1) is 0 Å². The van der Waals surface area contributed by atoms with Gasteiger partial charge in [0, 0.05) is 30.9 Å². The van der Waals surface area contributed by atoms with Gasteiger partial charge >= 0.3 is 0 Å². The molecule has 1 aromatic rings. The maximum Gasteiger partial charge on any atom is 0.254 e. The molecule has 100 valence electrons. The SMILES string of the molecule is CCSCC[C@@H](C)N(C)C(=O)c1ccnc(F)c1. The Morgan fingerprint density at radius 3 is 2.94 bits per heavy atom. The van der Waals surface area contributed by atoms with Crippen molar-refractivity contribution in [2.24, 2.45) is 0 Å². The highest BCUT2D eigenvalue weighted by atomic mass is 32.2. The minimum absolute atomic E-state index is 0.146. The van der Waals surface area contributed by atoms with Crippen molar-refractivity contribution in [2.45, 2.75) is 26.3 Å². The number of nitrogens with zero attached hydrogens (tertiary/aromatic N) is 2. The van der Waals surface area contributed by atoms with Crippen LogP contribution < -0.4 is 0 Å². The van der Waals surface area contributed by atoms with E-state index in [1.807, 2.05) is 18.7 Å². The number of carbonyl (C=O) groups is 1. The first-order chi connectivity index (χ1) is 8.56. The number of pyridine rings is 1. The molecule has 0 fully saturated rings. The zero-order valence-corrected chi connectivity index (χ0v) is 11.8. The largest absolute Gasteiger partial charge is 0.339 e. The highest BCUT2D eigenvalue weighted by molar-refractivity contribution is 7.99. The zero-order chi connectivity index (χ0) is 13.5. The van der Waals surface area contributed by atoms with E-state index in [4.69, 9.17) is 0 Å². The summed E-state index contributed by atoms with van der Waals surface area (Å²) in [6, 6.07) is 2.86. The van der Waals surface area contributed by atoms with E-state index < -0.39 is 5.95 Å². The van der Waals surface area contributed by atoms with Crippen LogP contribution in [-0.4, -0.2) is 40.4 Å². The lowest BCUT2D eigenvalue weighted by Crippen LogP contribution is -2.35. The van der Waals surface area contributed by atoms with Gasteiger partial charge in [-0.1, -0.05) is 6.92 Å². The molecule has 1 heterocycles. The third-order valence-corrected chi connectivity index (χ3v) is 3.77. The van der Waals surface area contributed by atoms with Gasteiger partial charge in [0.1, 0.15) is 0 Å². The van der Waals surface area contributed by atoms with Crippen LogP contribution in [0.3, 0.4) is 0 Å². The molecule has 0 aliphatic carbocycles. The van der Waals surface area contributed by atoms with Crippen LogP contribution in [0.1, 0.15) is 30.6 Å². The van der Waals surface area contributed by atoms with Crippen molar-refractivity contribution in [1.29, 1.82) is 0 Å². The molecule has 0 bridgehead atoms. The van der Waals surface area contributed by atoms with Crippen molar-refractivity contribution >= 4 is 17.7 Å². The molecule has 0 saturated carbocycles. The number of carbonyl (C=O) groups excluding carboxylic acids is 1. The van der Waals surface area contributed by atoms with Gasteiger partial charge in [-0.25, -0.2) is 4.98 Å². The third kappa shape index (κ3) is 4.29. The molecule has 0 aliphatic heterocycles. The number of thioether (sulfide) groups is 1. The Morgan fingerprint density at radius 2 is 2.33 bits per heavy atom. The maximum atomic E-state index is 13.0. The zero-order valence-electron chi connectivity index (χ0n) is 11.0. The second-order valence-corrected chi connectivity index (χ2v) is 5.51. The van der Waals surface area contributed by atoms with Crippen LogP contribution >= 0.6 is 11.8 Å². The van der Waals surface area contributed by atoms with Crippen LogP contribution in [0.5, 0.6) is 0 Å². The average Bonchev–Trinajstić information content (AvgIpc) is 2.37. The summed E-state index contributed by atoms with van der Waals surface area (Å²) in [4.78, 5) is 17.2. The van der Waals surface area contributed by atoms with Crippen LogP contribution in [-0.2, 0) is 0 Å². The fourth-order valence-electron chi connectivity index (χ4n) is 1.53. The van der Waals surface area contributed by atoms with E-state index in [2.05, 4.69) is 11.9 Å². The van der Waals surface area contributed by atoms with E-state index in [1.165, 1.54) is 18.3 Å². The normalized spacial score (nSPS) is 12.2. The van der Waals surface area contributed by atoms with Gasteiger partial charge in [-0.2, -0.15) is 16.2 Å². The fourth-order valence-corrected chi connectivity index (χ4v) is 2.33. The molecule has 18 heavy (non-hydrogen) atoms. The average molecular weight is 270 g/mol. The Morgan fingerprint density at radius 1 is 1.61 bits per heavy atom. The Bertz CT molecular complexity index is 400. The molecule has 0 saturated heterocycles. The highest BCUT2D eigenvalue weighted by Crippen LogP contribution is 2.12. The van der Waals surface area contributed by atoms with Gasteiger partial charge in [-0.05, 0) is 30.9 Å². The molecule has 3 nitrogen and oxygen atoms in total. The molecule has 1 rings (SSSR count). The van der Waals surface area contributed by atoms with E-state index in [-0.39, 0.29) is 11.9 Å². The van der Waals surface area contributed by atoms with Crippen LogP contribution in [0.4, 0.5) is 4.39 Å². The van der Waals surface area contributed by atoms with Gasteiger partial charge in [-0.15, -0.1) is 0 Å². The summed E-state index contributed by atoms with van der Waals surface area (Å²) in [6.07, 6.45) is 2.25. The first kappa shape index (κ1) is 15.0. The van der Waals surface area contributed by atoms with E-state index in [0.717, 1.165) is 17.9 Å². The topological polar surface area (TPSA) is 33.2 Å². The van der Waals surface area contributed by atoms with Crippen molar-refractivity contribution in [3.63, 3.8) is 0 Å². The standard InChI is InChI=1S/C13H19FN2OS/c1-4-18-8-6-10(2)16(3)13(17)11-5-7-15-12(14)9-11/h5,7,9-10H,4,6,8H2,1-3H3/t10-/m1/s1. The fraction of sp³-hybridized carbons (Fsp3) is 0.538. The van der Waals surface area contributed by atoms with Crippen LogP contribution in [0, 0.1) is 5.95 Å². The molecular weight excluding hydrogens is 251 g/mol. The lowest BCUT2D eigenvalue weighted by Gasteiger charge is -2.24. The quantitative estimate of drug-likeness (QED) is 0.588. The molecule has 0 unspecified atom stereocenters. The predicted molar refractivity (Wildman–Crippen MR) is 73.4 cm³/mol. The Labute approximate surface area is 112 Å². The van der Waals surface area contributed by atoms with Gasteiger partial charge in [0.15, 0.2) is 0 Å². The molecule has 0 spiro atoms. The number of halogens is 1. The maximum absolute atomic E-state index is 13.0. The number of amides is 1. The van der Waals surface area contributed by atoms with E-state index in [1.54, 1.807) is 11.9 Å². The lowest BCUT2D eigenvalue weighted by molar-refractivity contribution is 0.0740. The minimum atomic E-state index is -0.622. The summed E-state index contributed by atoms with van der Waals surface area (Å²) >= 11 is 1.86. The van der Waals surface area contributed by atoms with Crippen molar-refractivity contribution in [2.75, 3.05) is 18.6 Å². The number of hydrogen-bond donors (Lipinski definition) is 0. The molecular formula is C13H19FN2OS. The summed E-state index contributed by atoms with van der Waals surface area (Å²) in [5, 5.41) is 0. The summed E-state index contributed by atoms with van der Waals surface area (Å²) in [7, 11) is 1.75. The van der Waals surface area contributed by atoms with E-state index >= 15 is 0 Å². The van der Waals surface area contributed by atoms with Gasteiger partial charge in [0.25, 0.3) is 5.91 Å². The predicted octanol–water partition coefficient (Wildman–Crippen LogP) is 2.82. The highest BCUT2D eigenvalue weighted by Gasteiger charge is 2.17. The second kappa shape index (κ2) is 7.36. The Hall–Kier alpha value is -1.10. The minimum Gasteiger partial charge on any atom is -0.339 e. The summed E-state index contributed by atoms with van der Waals surface area (Å²) in [5.74, 6) is 1.33. The first-order valence-corrected chi connectivity index (χ1v) is 7.18. The van der Waals surface area contributed by atoms with Crippen molar-refractivity contribution in [3.8, 4) is 0 Å². The van der Waals surface area contributed by atoms with Gasteiger partial charge in [-0.3, -0.25) is 4.79 Å². The lowest BCUT2D eigenvalue weighted by atomic mass is 10.2. The monoisotopic (exact) mass is 270 g/mol. The number of hydrogen-bond acceptors (Lipinski definition) is 3. The van der Waals surface area contributed by atoms with Gasteiger partial charge < -0.3 is 4.90 Å². The van der Waals surface area contributed by atoms with Crippen LogP contribution in [0.25, 0.3) is 0 Å². The van der Waals surface area contributed by atoms with Crippen LogP contribution in [0.15, 0.2) is 18.3 Å². The molecule has 1 aromatic heterocycles. The first-order valence-electron chi connectivity index (χ1n) is 6.02. The summed E-state index contributed by atoms with van der Waals surface area (Å²) < 4.78 is 13.0. The summed E-state index contributed by atoms with van der Waals surface area (Å²) in [5.41, 5.74) is 0.347.